The van der Waals surface area contributed by atoms with Gasteiger partial charge in [-0.3, -0.25) is 0 Å². The molecule has 0 saturated carbocycles. The van der Waals surface area contributed by atoms with Crippen LogP contribution in [0.4, 0.5) is 0 Å². The van der Waals surface area contributed by atoms with Gasteiger partial charge in [-0.25, -0.2) is 0 Å². The third kappa shape index (κ3) is 4.98. The normalized spacial score (nSPS) is 11.0. The molecule has 0 aliphatic heterocycles. The van der Waals surface area contributed by atoms with E-state index in [4.69, 9.17) is 26.6 Å². The molecule has 0 spiro atoms. The standard InChI is InChI=1S/C13H21BClNO2/c1-4-13(5-2)18-14(16)17-9-11-8-12(15)7-6-10(11)3/h6-8,13H,4-5,9,16H2,1-3H3. The molecular weight excluding hydrogens is 248 g/mol. The van der Waals surface area contributed by atoms with E-state index < -0.39 is 7.25 Å². The summed E-state index contributed by atoms with van der Waals surface area (Å²) in [6, 6.07) is 5.72. The highest BCUT2D eigenvalue weighted by atomic mass is 35.5. The molecule has 18 heavy (non-hydrogen) atoms. The Morgan fingerprint density at radius 1 is 1.33 bits per heavy atom. The first-order valence-electron chi connectivity index (χ1n) is 6.34. The molecule has 1 aromatic carbocycles. The van der Waals surface area contributed by atoms with Gasteiger partial charge in [0.1, 0.15) is 0 Å². The van der Waals surface area contributed by atoms with Gasteiger partial charge in [0.2, 0.25) is 0 Å². The number of hydrogen-bond acceptors (Lipinski definition) is 3. The van der Waals surface area contributed by atoms with E-state index in [1.807, 2.05) is 25.1 Å². The van der Waals surface area contributed by atoms with E-state index in [1.165, 1.54) is 0 Å². The van der Waals surface area contributed by atoms with Gasteiger partial charge in [0.15, 0.2) is 0 Å². The van der Waals surface area contributed by atoms with Crippen LogP contribution in [0, 0.1) is 6.92 Å². The minimum Gasteiger partial charge on any atom is -0.395 e. The van der Waals surface area contributed by atoms with E-state index in [9.17, 15) is 0 Å². The Morgan fingerprint density at radius 2 is 2.00 bits per heavy atom. The van der Waals surface area contributed by atoms with Crippen molar-refractivity contribution in [1.29, 1.82) is 0 Å². The second kappa shape index (κ2) is 7.79. The quantitative estimate of drug-likeness (QED) is 0.772. The van der Waals surface area contributed by atoms with Gasteiger partial charge in [-0.05, 0) is 43.0 Å². The van der Waals surface area contributed by atoms with Crippen LogP contribution >= 0.6 is 11.6 Å². The molecule has 3 nitrogen and oxygen atoms in total. The molecule has 5 heteroatoms. The number of hydrogen-bond donors (Lipinski definition) is 1. The Kier molecular flexibility index (Phi) is 6.72. The van der Waals surface area contributed by atoms with Crippen LogP contribution in [0.15, 0.2) is 18.2 Å². The first-order valence-corrected chi connectivity index (χ1v) is 6.72. The highest BCUT2D eigenvalue weighted by Gasteiger charge is 2.17. The molecular formula is C13H21BClNO2. The minimum atomic E-state index is -0.687. The molecule has 0 aliphatic rings. The average molecular weight is 270 g/mol. The van der Waals surface area contributed by atoms with Gasteiger partial charge >= 0.3 is 7.25 Å². The predicted octanol–water partition coefficient (Wildman–Crippen LogP) is 3.31. The van der Waals surface area contributed by atoms with Crippen LogP contribution in [0.3, 0.4) is 0 Å². The predicted molar refractivity (Wildman–Crippen MR) is 76.4 cm³/mol. The van der Waals surface area contributed by atoms with Crippen molar-refractivity contribution in [3.8, 4) is 0 Å². The molecule has 0 atom stereocenters. The van der Waals surface area contributed by atoms with Crippen molar-refractivity contribution >= 4 is 18.9 Å². The summed E-state index contributed by atoms with van der Waals surface area (Å²) in [5.41, 5.74) is 7.95. The summed E-state index contributed by atoms with van der Waals surface area (Å²) in [7, 11) is -0.687. The summed E-state index contributed by atoms with van der Waals surface area (Å²) in [6.45, 7) is 6.57. The number of aryl methyl sites for hydroxylation is 1. The third-order valence-corrected chi connectivity index (χ3v) is 3.19. The fourth-order valence-electron chi connectivity index (χ4n) is 1.68. The topological polar surface area (TPSA) is 44.5 Å². The second-order valence-corrected chi connectivity index (χ2v) is 4.76. The van der Waals surface area contributed by atoms with E-state index in [2.05, 4.69) is 13.8 Å². The Morgan fingerprint density at radius 3 is 2.61 bits per heavy atom. The van der Waals surface area contributed by atoms with Crippen LogP contribution in [0.2, 0.25) is 5.02 Å². The Labute approximate surface area is 115 Å². The number of benzene rings is 1. The van der Waals surface area contributed by atoms with Crippen LogP contribution < -0.4 is 5.64 Å². The summed E-state index contributed by atoms with van der Waals surface area (Å²) in [4.78, 5) is 0. The lowest BCUT2D eigenvalue weighted by atomic mass is 10.1. The van der Waals surface area contributed by atoms with Crippen molar-refractivity contribution in [2.24, 2.45) is 5.64 Å². The lowest BCUT2D eigenvalue weighted by Crippen LogP contribution is -2.37. The number of halogens is 1. The van der Waals surface area contributed by atoms with Crippen LogP contribution in [0.1, 0.15) is 37.8 Å². The largest absolute Gasteiger partial charge is 0.552 e. The molecule has 1 rings (SSSR count). The highest BCUT2D eigenvalue weighted by molar-refractivity contribution is 6.40. The SMILES string of the molecule is CCC(CC)OB(N)OCc1cc(Cl)ccc1C. The summed E-state index contributed by atoms with van der Waals surface area (Å²) in [6.07, 6.45) is 2.02. The maximum absolute atomic E-state index is 5.94. The van der Waals surface area contributed by atoms with Crippen LogP contribution in [-0.4, -0.2) is 13.4 Å². The molecule has 0 heterocycles. The van der Waals surface area contributed by atoms with Gasteiger partial charge < -0.3 is 15.0 Å². The van der Waals surface area contributed by atoms with E-state index in [1.54, 1.807) is 0 Å². The zero-order chi connectivity index (χ0) is 13.5. The van der Waals surface area contributed by atoms with Gasteiger partial charge in [-0.1, -0.05) is 31.5 Å². The maximum atomic E-state index is 5.94. The molecule has 2 N–H and O–H groups in total. The van der Waals surface area contributed by atoms with Gasteiger partial charge in [-0.2, -0.15) is 0 Å². The summed E-state index contributed by atoms with van der Waals surface area (Å²) in [5, 5.41) is 0.702. The zero-order valence-corrected chi connectivity index (χ0v) is 12.0. The average Bonchev–Trinajstić information content (AvgIpc) is 2.37. The molecule has 0 aromatic heterocycles. The summed E-state index contributed by atoms with van der Waals surface area (Å²) < 4.78 is 11.1. The molecule has 1 aromatic rings. The van der Waals surface area contributed by atoms with Crippen molar-refractivity contribution in [3.63, 3.8) is 0 Å². The van der Waals surface area contributed by atoms with Crippen molar-refractivity contribution in [2.45, 2.75) is 46.3 Å². The van der Waals surface area contributed by atoms with Crippen molar-refractivity contribution in [3.05, 3.63) is 34.3 Å². The monoisotopic (exact) mass is 269 g/mol. The van der Waals surface area contributed by atoms with E-state index >= 15 is 0 Å². The smallest absolute Gasteiger partial charge is 0.395 e. The van der Waals surface area contributed by atoms with Crippen LogP contribution in [0.25, 0.3) is 0 Å². The molecule has 0 unspecified atom stereocenters. The Balaban J connectivity index is 2.46. The van der Waals surface area contributed by atoms with Gasteiger partial charge in [0, 0.05) is 11.1 Å². The van der Waals surface area contributed by atoms with E-state index in [0.29, 0.717) is 11.6 Å². The molecule has 0 amide bonds. The maximum Gasteiger partial charge on any atom is 0.552 e. The lowest BCUT2D eigenvalue weighted by molar-refractivity contribution is 0.125. The van der Waals surface area contributed by atoms with Crippen LogP contribution in [0.5, 0.6) is 0 Å². The van der Waals surface area contributed by atoms with E-state index in [0.717, 1.165) is 24.0 Å². The number of nitrogens with two attached hydrogens (primary N) is 1. The van der Waals surface area contributed by atoms with Crippen LogP contribution in [-0.2, 0) is 15.9 Å². The first-order chi connectivity index (χ1) is 8.56. The van der Waals surface area contributed by atoms with Gasteiger partial charge in [0.05, 0.1) is 6.61 Å². The number of rotatable bonds is 7. The molecule has 0 bridgehead atoms. The third-order valence-electron chi connectivity index (χ3n) is 2.95. The molecule has 0 aliphatic carbocycles. The Hall–Kier alpha value is -0.545. The van der Waals surface area contributed by atoms with Crippen molar-refractivity contribution < 1.29 is 9.31 Å². The summed E-state index contributed by atoms with van der Waals surface area (Å²) >= 11 is 5.94. The molecule has 100 valence electrons. The molecule has 0 fully saturated rings. The molecule has 0 radical (unpaired) electrons. The van der Waals surface area contributed by atoms with E-state index in [-0.39, 0.29) is 6.10 Å². The fourth-order valence-corrected chi connectivity index (χ4v) is 1.87. The Bertz CT molecular complexity index is 372. The fraction of sp³-hybridized carbons (Fsp3) is 0.538. The van der Waals surface area contributed by atoms with Gasteiger partial charge in [0.25, 0.3) is 0 Å². The van der Waals surface area contributed by atoms with Crippen molar-refractivity contribution in [2.75, 3.05) is 0 Å². The summed E-state index contributed by atoms with van der Waals surface area (Å²) in [5.74, 6) is 0. The van der Waals surface area contributed by atoms with Gasteiger partial charge in [-0.15, -0.1) is 0 Å². The minimum absolute atomic E-state index is 0.153. The molecule has 0 saturated heterocycles. The second-order valence-electron chi connectivity index (χ2n) is 4.32. The first kappa shape index (κ1) is 15.5. The lowest BCUT2D eigenvalue weighted by Gasteiger charge is -2.17. The van der Waals surface area contributed by atoms with Crippen molar-refractivity contribution in [1.82, 2.24) is 0 Å². The highest BCUT2D eigenvalue weighted by Crippen LogP contribution is 2.16. The zero-order valence-electron chi connectivity index (χ0n) is 11.3.